The first kappa shape index (κ1) is 19.6. The van der Waals surface area contributed by atoms with E-state index in [9.17, 15) is 14.4 Å². The molecule has 1 aliphatic heterocycles. The number of aromatic nitrogens is 1. The summed E-state index contributed by atoms with van der Waals surface area (Å²) in [5.41, 5.74) is 1.99. The molecule has 1 aliphatic carbocycles. The number of fused-ring (bicyclic) bond motifs is 1. The van der Waals surface area contributed by atoms with Crippen LogP contribution in [0.5, 0.6) is 0 Å². The molecule has 1 N–H and O–H groups in total. The number of nitrogens with one attached hydrogen (secondary N) is 1. The number of ether oxygens (including phenoxy) is 1. The summed E-state index contributed by atoms with van der Waals surface area (Å²) in [5.74, 6) is -1.01. The zero-order valence-electron chi connectivity index (χ0n) is 16.4. The third-order valence-electron chi connectivity index (χ3n) is 5.68. The van der Waals surface area contributed by atoms with E-state index < -0.39 is 11.9 Å². The van der Waals surface area contributed by atoms with Crippen molar-refractivity contribution in [3.8, 4) is 0 Å². The molecule has 2 amide bonds. The maximum Gasteiger partial charge on any atom is 0.350 e. The summed E-state index contributed by atoms with van der Waals surface area (Å²) >= 11 is 1.16. The van der Waals surface area contributed by atoms with Crippen molar-refractivity contribution in [2.45, 2.75) is 37.5 Å². The van der Waals surface area contributed by atoms with E-state index in [1.807, 2.05) is 12.1 Å². The van der Waals surface area contributed by atoms with Crippen molar-refractivity contribution in [1.82, 2.24) is 9.88 Å². The molecule has 1 saturated carbocycles. The molecule has 1 unspecified atom stereocenters. The Hall–Kier alpha value is -2.74. The van der Waals surface area contributed by atoms with Crippen LogP contribution in [0.2, 0.25) is 0 Å². The molecule has 29 heavy (non-hydrogen) atoms. The van der Waals surface area contributed by atoms with Gasteiger partial charge in [0.15, 0.2) is 5.13 Å². The van der Waals surface area contributed by atoms with Gasteiger partial charge < -0.3 is 15.0 Å². The van der Waals surface area contributed by atoms with E-state index in [0.29, 0.717) is 27.7 Å². The van der Waals surface area contributed by atoms with E-state index in [1.54, 1.807) is 24.1 Å². The highest BCUT2D eigenvalue weighted by molar-refractivity contribution is 7.17. The fourth-order valence-corrected chi connectivity index (χ4v) is 5.15. The molecule has 1 atom stereocenters. The summed E-state index contributed by atoms with van der Waals surface area (Å²) in [7, 11) is 3.04. The zero-order chi connectivity index (χ0) is 20.5. The van der Waals surface area contributed by atoms with Gasteiger partial charge in [-0.1, -0.05) is 42.4 Å². The van der Waals surface area contributed by atoms with Gasteiger partial charge in [0.2, 0.25) is 5.91 Å². The maximum atomic E-state index is 13.1. The van der Waals surface area contributed by atoms with Gasteiger partial charge in [0.1, 0.15) is 4.88 Å². The van der Waals surface area contributed by atoms with Crippen LogP contribution in [-0.2, 0) is 9.53 Å². The first-order valence-corrected chi connectivity index (χ1v) is 10.6. The van der Waals surface area contributed by atoms with Crippen LogP contribution in [0.1, 0.15) is 68.8 Å². The number of esters is 1. The molecule has 8 heteroatoms. The number of hydrogen-bond donors (Lipinski definition) is 1. The van der Waals surface area contributed by atoms with E-state index >= 15 is 0 Å². The second-order valence-electron chi connectivity index (χ2n) is 7.52. The van der Waals surface area contributed by atoms with Crippen molar-refractivity contribution in [3.05, 3.63) is 46.0 Å². The van der Waals surface area contributed by atoms with Gasteiger partial charge in [-0.15, -0.1) is 0 Å². The zero-order valence-corrected chi connectivity index (χ0v) is 17.3. The molecule has 0 spiro atoms. The molecule has 1 aromatic carbocycles. The van der Waals surface area contributed by atoms with Crippen LogP contribution in [0.3, 0.4) is 0 Å². The molecule has 7 nitrogen and oxygen atoms in total. The Balaban J connectivity index is 1.61. The predicted octanol–water partition coefficient (Wildman–Crippen LogP) is 3.40. The van der Waals surface area contributed by atoms with E-state index in [4.69, 9.17) is 4.74 Å². The van der Waals surface area contributed by atoms with Crippen LogP contribution in [0.15, 0.2) is 24.3 Å². The van der Waals surface area contributed by atoms with E-state index in [-0.39, 0.29) is 17.7 Å². The average molecular weight is 413 g/mol. The van der Waals surface area contributed by atoms with Crippen LogP contribution in [0.4, 0.5) is 5.13 Å². The largest absolute Gasteiger partial charge is 0.465 e. The molecular formula is C21H23N3O4S. The number of anilines is 1. The fourth-order valence-electron chi connectivity index (χ4n) is 4.17. The Kier molecular flexibility index (Phi) is 5.36. The number of rotatable bonds is 4. The molecule has 2 heterocycles. The van der Waals surface area contributed by atoms with Gasteiger partial charge in [0, 0.05) is 25.1 Å². The SMILES string of the molecule is COC(=O)c1sc(NC(=O)C2CN(C)C(=O)c3ccccc32)nc1C1CCCC1. The third kappa shape index (κ3) is 3.64. The third-order valence-corrected chi connectivity index (χ3v) is 6.65. The van der Waals surface area contributed by atoms with Crippen LogP contribution < -0.4 is 5.32 Å². The number of likely N-dealkylation sites (N-methyl/N-ethyl adjacent to an activating group) is 1. The van der Waals surface area contributed by atoms with E-state index in [1.165, 1.54) is 7.11 Å². The smallest absolute Gasteiger partial charge is 0.350 e. The number of carbonyl (C=O) groups excluding carboxylic acids is 3. The minimum Gasteiger partial charge on any atom is -0.465 e. The van der Waals surface area contributed by atoms with Crippen LogP contribution >= 0.6 is 11.3 Å². The predicted molar refractivity (Wildman–Crippen MR) is 109 cm³/mol. The number of carbonyl (C=O) groups is 3. The lowest BCUT2D eigenvalue weighted by Crippen LogP contribution is -2.41. The number of hydrogen-bond acceptors (Lipinski definition) is 6. The Bertz CT molecular complexity index is 965. The van der Waals surface area contributed by atoms with Gasteiger partial charge in [0.25, 0.3) is 5.91 Å². The van der Waals surface area contributed by atoms with Crippen LogP contribution in [0.25, 0.3) is 0 Å². The van der Waals surface area contributed by atoms with Gasteiger partial charge in [-0.2, -0.15) is 0 Å². The molecule has 0 bridgehead atoms. The second kappa shape index (κ2) is 7.94. The molecule has 2 aromatic rings. The molecule has 2 aliphatic rings. The molecule has 0 saturated heterocycles. The molecule has 4 rings (SSSR count). The number of benzene rings is 1. The second-order valence-corrected chi connectivity index (χ2v) is 8.52. The van der Waals surface area contributed by atoms with Gasteiger partial charge in [-0.25, -0.2) is 9.78 Å². The average Bonchev–Trinajstić information content (AvgIpc) is 3.40. The van der Waals surface area contributed by atoms with E-state index in [0.717, 1.165) is 42.7 Å². The maximum absolute atomic E-state index is 13.1. The van der Waals surface area contributed by atoms with Gasteiger partial charge >= 0.3 is 5.97 Å². The quantitative estimate of drug-likeness (QED) is 0.776. The first-order chi connectivity index (χ1) is 14.0. The van der Waals surface area contributed by atoms with Crippen molar-refractivity contribution in [2.75, 3.05) is 26.0 Å². The van der Waals surface area contributed by atoms with Gasteiger partial charge in [0.05, 0.1) is 18.7 Å². The minimum atomic E-state index is -0.491. The summed E-state index contributed by atoms with van der Waals surface area (Å²) in [6, 6.07) is 7.18. The molecule has 152 valence electrons. The highest BCUT2D eigenvalue weighted by Gasteiger charge is 2.34. The Labute approximate surface area is 173 Å². The fraction of sp³-hybridized carbons (Fsp3) is 0.429. The highest BCUT2D eigenvalue weighted by Crippen LogP contribution is 2.39. The van der Waals surface area contributed by atoms with Crippen LogP contribution in [-0.4, -0.2) is 48.4 Å². The Morgan fingerprint density at radius 2 is 1.97 bits per heavy atom. The molecule has 1 fully saturated rings. The summed E-state index contributed by atoms with van der Waals surface area (Å²) in [6.07, 6.45) is 4.21. The van der Waals surface area contributed by atoms with Crippen molar-refractivity contribution >= 4 is 34.3 Å². The topological polar surface area (TPSA) is 88.6 Å². The Morgan fingerprint density at radius 3 is 2.69 bits per heavy atom. The van der Waals surface area contributed by atoms with Crippen LogP contribution in [0, 0.1) is 0 Å². The van der Waals surface area contributed by atoms with Gasteiger partial charge in [-0.05, 0) is 24.5 Å². The minimum absolute atomic E-state index is 0.0876. The summed E-state index contributed by atoms with van der Waals surface area (Å²) in [6.45, 7) is 0.298. The van der Waals surface area contributed by atoms with Crippen molar-refractivity contribution in [2.24, 2.45) is 0 Å². The van der Waals surface area contributed by atoms with Crippen molar-refractivity contribution in [3.63, 3.8) is 0 Å². The standard InChI is InChI=1S/C21H23N3O4S/c1-24-11-15(13-9-5-6-10-14(13)19(24)26)18(25)23-21-22-16(12-7-3-4-8-12)17(29-21)20(27)28-2/h5-6,9-10,12,15H,3-4,7-8,11H2,1-2H3,(H,22,23,25). The monoisotopic (exact) mass is 413 g/mol. The highest BCUT2D eigenvalue weighted by atomic mass is 32.1. The lowest BCUT2D eigenvalue weighted by Gasteiger charge is -2.30. The van der Waals surface area contributed by atoms with Crippen molar-refractivity contribution in [1.29, 1.82) is 0 Å². The number of amides is 2. The summed E-state index contributed by atoms with van der Waals surface area (Å²) in [5, 5.41) is 3.27. The first-order valence-electron chi connectivity index (χ1n) is 9.74. The Morgan fingerprint density at radius 1 is 1.24 bits per heavy atom. The lowest BCUT2D eigenvalue weighted by molar-refractivity contribution is -0.117. The number of thiazole rings is 1. The number of nitrogens with zero attached hydrogens (tertiary/aromatic N) is 2. The molecule has 1 aromatic heterocycles. The normalized spacial score (nSPS) is 19.2. The lowest BCUT2D eigenvalue weighted by atomic mass is 9.89. The summed E-state index contributed by atoms with van der Waals surface area (Å²) in [4.78, 5) is 44.3. The summed E-state index contributed by atoms with van der Waals surface area (Å²) < 4.78 is 4.92. The molecule has 0 radical (unpaired) electrons. The molecular weight excluding hydrogens is 390 g/mol. The van der Waals surface area contributed by atoms with Crippen molar-refractivity contribution < 1.29 is 19.1 Å². The number of methoxy groups -OCH3 is 1. The van der Waals surface area contributed by atoms with Gasteiger partial charge in [-0.3, -0.25) is 9.59 Å². The van der Waals surface area contributed by atoms with E-state index in [2.05, 4.69) is 10.3 Å².